The lowest BCUT2D eigenvalue weighted by Gasteiger charge is -2.02. The second-order valence-electron chi connectivity index (χ2n) is 4.75. The van der Waals surface area contributed by atoms with E-state index in [-0.39, 0.29) is 12.4 Å². The lowest BCUT2D eigenvalue weighted by atomic mass is 10.1. The zero-order valence-corrected chi connectivity index (χ0v) is 11.5. The number of nitrogens with zero attached hydrogens (tertiary/aromatic N) is 2. The van der Waals surface area contributed by atoms with Gasteiger partial charge in [-0.25, -0.2) is 0 Å². The predicted octanol–water partition coefficient (Wildman–Crippen LogP) is 3.76. The van der Waals surface area contributed by atoms with Gasteiger partial charge in [-0.1, -0.05) is 36.2 Å². The summed E-state index contributed by atoms with van der Waals surface area (Å²) in [7, 11) is 0. The molecule has 1 fully saturated rings. The van der Waals surface area contributed by atoms with Gasteiger partial charge in [0.25, 0.3) is 0 Å². The highest BCUT2D eigenvalue weighted by Gasteiger charge is 2.22. The third-order valence-electron chi connectivity index (χ3n) is 3.42. The van der Waals surface area contributed by atoms with Crippen molar-refractivity contribution >= 4 is 18.1 Å². The van der Waals surface area contributed by atoms with E-state index in [4.69, 9.17) is 4.52 Å². The molecule has 1 aliphatic carbocycles. The minimum absolute atomic E-state index is 0. The molecule has 102 valence electrons. The molecule has 4 nitrogen and oxygen atoms in total. The number of rotatable bonds is 4. The standard InChI is InChI=1S/C14H17N3O.ClH/c1-2-8-12(9-3-1)15-10-13-16-14(17-18-13)11-6-4-5-7-11;/h1-3,8-9,11,15H,4-7,10H2;1H. The number of benzene rings is 1. The van der Waals surface area contributed by atoms with Gasteiger partial charge in [0.1, 0.15) is 0 Å². The fraction of sp³-hybridized carbons (Fsp3) is 0.429. The van der Waals surface area contributed by atoms with Crippen LogP contribution in [0.15, 0.2) is 34.9 Å². The summed E-state index contributed by atoms with van der Waals surface area (Å²) in [4.78, 5) is 4.47. The topological polar surface area (TPSA) is 51.0 Å². The largest absolute Gasteiger partial charge is 0.376 e. The predicted molar refractivity (Wildman–Crippen MR) is 76.5 cm³/mol. The maximum Gasteiger partial charge on any atom is 0.245 e. The number of aromatic nitrogens is 2. The number of halogens is 1. The van der Waals surface area contributed by atoms with Crippen molar-refractivity contribution in [2.75, 3.05) is 5.32 Å². The molecule has 0 amide bonds. The number of hydrogen-bond acceptors (Lipinski definition) is 4. The van der Waals surface area contributed by atoms with E-state index in [0.29, 0.717) is 18.4 Å². The van der Waals surface area contributed by atoms with Crippen LogP contribution in [0.4, 0.5) is 5.69 Å². The number of para-hydroxylation sites is 1. The first-order valence-electron chi connectivity index (χ1n) is 6.53. The van der Waals surface area contributed by atoms with Gasteiger partial charge in [-0.15, -0.1) is 12.4 Å². The van der Waals surface area contributed by atoms with Crippen LogP contribution in [0.3, 0.4) is 0 Å². The van der Waals surface area contributed by atoms with Crippen molar-refractivity contribution in [1.82, 2.24) is 10.1 Å². The van der Waals surface area contributed by atoms with Gasteiger partial charge in [-0.3, -0.25) is 0 Å². The summed E-state index contributed by atoms with van der Waals surface area (Å²) in [5.41, 5.74) is 1.07. The quantitative estimate of drug-likeness (QED) is 0.926. The van der Waals surface area contributed by atoms with E-state index in [1.807, 2.05) is 30.3 Å². The van der Waals surface area contributed by atoms with E-state index in [9.17, 15) is 0 Å². The van der Waals surface area contributed by atoms with Gasteiger partial charge < -0.3 is 9.84 Å². The molecule has 1 N–H and O–H groups in total. The van der Waals surface area contributed by atoms with E-state index in [1.54, 1.807) is 0 Å². The van der Waals surface area contributed by atoms with Crippen molar-refractivity contribution in [3.8, 4) is 0 Å². The fourth-order valence-electron chi connectivity index (χ4n) is 2.42. The Morgan fingerprint density at radius 2 is 1.89 bits per heavy atom. The Bertz CT molecular complexity index is 494. The minimum atomic E-state index is 0. The normalized spacial score (nSPS) is 15.2. The number of hydrogen-bond donors (Lipinski definition) is 1. The molecule has 5 heteroatoms. The van der Waals surface area contributed by atoms with E-state index in [1.165, 1.54) is 25.7 Å². The lowest BCUT2D eigenvalue weighted by Crippen LogP contribution is -2.00. The zero-order chi connectivity index (χ0) is 12.2. The van der Waals surface area contributed by atoms with Crippen molar-refractivity contribution in [3.05, 3.63) is 42.0 Å². The average Bonchev–Trinajstić information content (AvgIpc) is 3.08. The van der Waals surface area contributed by atoms with Crippen molar-refractivity contribution in [1.29, 1.82) is 0 Å². The van der Waals surface area contributed by atoms with Crippen LogP contribution in [0.5, 0.6) is 0 Å². The van der Waals surface area contributed by atoms with Gasteiger partial charge in [-0.05, 0) is 25.0 Å². The highest BCUT2D eigenvalue weighted by molar-refractivity contribution is 5.85. The van der Waals surface area contributed by atoms with Gasteiger partial charge in [0, 0.05) is 11.6 Å². The van der Waals surface area contributed by atoms with Crippen molar-refractivity contribution in [2.24, 2.45) is 0 Å². The molecular weight excluding hydrogens is 262 g/mol. The van der Waals surface area contributed by atoms with E-state index in [2.05, 4.69) is 15.5 Å². The summed E-state index contributed by atoms with van der Waals surface area (Å²) >= 11 is 0. The van der Waals surface area contributed by atoms with Crippen LogP contribution in [0.25, 0.3) is 0 Å². The Balaban J connectivity index is 0.00000133. The Morgan fingerprint density at radius 3 is 2.63 bits per heavy atom. The Labute approximate surface area is 119 Å². The zero-order valence-electron chi connectivity index (χ0n) is 10.7. The first-order chi connectivity index (χ1) is 8.92. The first kappa shape index (κ1) is 13.9. The van der Waals surface area contributed by atoms with E-state index >= 15 is 0 Å². The molecular formula is C14H18ClN3O. The molecule has 0 aliphatic heterocycles. The number of nitrogens with one attached hydrogen (secondary N) is 1. The summed E-state index contributed by atoms with van der Waals surface area (Å²) in [6.45, 7) is 0.587. The Hall–Kier alpha value is -1.55. The first-order valence-corrected chi connectivity index (χ1v) is 6.53. The molecule has 2 aromatic rings. The highest BCUT2D eigenvalue weighted by Crippen LogP contribution is 2.32. The van der Waals surface area contributed by atoms with Gasteiger partial charge in [-0.2, -0.15) is 4.98 Å². The van der Waals surface area contributed by atoms with Gasteiger partial charge in [0.15, 0.2) is 5.82 Å². The molecule has 0 saturated heterocycles. The van der Waals surface area contributed by atoms with Crippen molar-refractivity contribution in [3.63, 3.8) is 0 Å². The monoisotopic (exact) mass is 279 g/mol. The molecule has 0 spiro atoms. The third kappa shape index (κ3) is 3.47. The van der Waals surface area contributed by atoms with E-state index < -0.39 is 0 Å². The second-order valence-corrected chi connectivity index (χ2v) is 4.75. The summed E-state index contributed by atoms with van der Waals surface area (Å²) in [6, 6.07) is 10.0. The molecule has 0 radical (unpaired) electrons. The fourth-order valence-corrected chi connectivity index (χ4v) is 2.42. The molecule has 1 aliphatic rings. The molecule has 1 aromatic carbocycles. The molecule has 1 saturated carbocycles. The third-order valence-corrected chi connectivity index (χ3v) is 3.42. The van der Waals surface area contributed by atoms with Crippen LogP contribution in [0, 0.1) is 0 Å². The number of anilines is 1. The smallest absolute Gasteiger partial charge is 0.245 e. The van der Waals surface area contributed by atoms with Crippen LogP contribution in [0.1, 0.15) is 43.3 Å². The lowest BCUT2D eigenvalue weighted by molar-refractivity contribution is 0.374. The minimum Gasteiger partial charge on any atom is -0.376 e. The summed E-state index contributed by atoms with van der Waals surface area (Å²) in [6.07, 6.45) is 4.98. The summed E-state index contributed by atoms with van der Waals surface area (Å²) in [5, 5.41) is 7.35. The van der Waals surface area contributed by atoms with Crippen LogP contribution in [-0.2, 0) is 6.54 Å². The maximum absolute atomic E-state index is 5.28. The molecule has 0 bridgehead atoms. The van der Waals surface area contributed by atoms with Gasteiger partial charge >= 0.3 is 0 Å². The van der Waals surface area contributed by atoms with Crippen molar-refractivity contribution < 1.29 is 4.52 Å². The molecule has 19 heavy (non-hydrogen) atoms. The van der Waals surface area contributed by atoms with Crippen LogP contribution in [0.2, 0.25) is 0 Å². The SMILES string of the molecule is Cl.c1ccc(NCc2nc(C3CCCC3)no2)cc1. The molecule has 0 atom stereocenters. The van der Waals surface area contributed by atoms with E-state index in [0.717, 1.165) is 11.5 Å². The van der Waals surface area contributed by atoms with Crippen LogP contribution >= 0.6 is 12.4 Å². The molecule has 3 rings (SSSR count). The van der Waals surface area contributed by atoms with Gasteiger partial charge in [0.2, 0.25) is 5.89 Å². The summed E-state index contributed by atoms with van der Waals surface area (Å²) < 4.78 is 5.28. The van der Waals surface area contributed by atoms with Gasteiger partial charge in [0.05, 0.1) is 6.54 Å². The molecule has 0 unspecified atom stereocenters. The second kappa shape index (κ2) is 6.57. The maximum atomic E-state index is 5.28. The molecule has 1 heterocycles. The van der Waals surface area contributed by atoms with Crippen molar-refractivity contribution in [2.45, 2.75) is 38.1 Å². The van der Waals surface area contributed by atoms with Crippen LogP contribution in [-0.4, -0.2) is 10.1 Å². The molecule has 1 aromatic heterocycles. The highest BCUT2D eigenvalue weighted by atomic mass is 35.5. The van der Waals surface area contributed by atoms with Crippen LogP contribution < -0.4 is 5.32 Å². The Morgan fingerprint density at radius 1 is 1.16 bits per heavy atom. The average molecular weight is 280 g/mol. The Kier molecular flexibility index (Phi) is 4.80. The summed E-state index contributed by atoms with van der Waals surface area (Å²) in [5.74, 6) is 2.07.